The van der Waals surface area contributed by atoms with Crippen LogP contribution in [0.25, 0.3) is 0 Å². The maximum Gasteiger partial charge on any atom is 0.256 e. The summed E-state index contributed by atoms with van der Waals surface area (Å²) >= 11 is 11.7. The summed E-state index contributed by atoms with van der Waals surface area (Å²) in [6.45, 7) is 0.377. The van der Waals surface area contributed by atoms with Gasteiger partial charge < -0.3 is 15.0 Å². The van der Waals surface area contributed by atoms with Crippen molar-refractivity contribution in [2.75, 3.05) is 17.3 Å². The topological polar surface area (TPSA) is 61.9 Å². The summed E-state index contributed by atoms with van der Waals surface area (Å²) in [5.41, 5.74) is 2.23. The molecule has 1 N–H and O–H groups in total. The number of methoxy groups -OCH3 is 1. The van der Waals surface area contributed by atoms with E-state index in [1.54, 1.807) is 48.4 Å². The first-order valence-corrected chi connectivity index (χ1v) is 11.1. The highest BCUT2D eigenvalue weighted by Gasteiger charge is 2.44. The largest absolute Gasteiger partial charge is 0.497 e. The summed E-state index contributed by atoms with van der Waals surface area (Å²) in [6, 6.07) is 22.8. The number of carbonyl (C=O) groups is 2. The molecular weight excluding hydrogens is 458 g/mol. The second kappa shape index (κ2) is 10.0. The van der Waals surface area contributed by atoms with Crippen LogP contribution in [0.2, 0.25) is 5.02 Å². The van der Waals surface area contributed by atoms with Gasteiger partial charge >= 0.3 is 0 Å². The monoisotopic (exact) mass is 479 g/mol. The predicted octanol–water partition coefficient (Wildman–Crippen LogP) is 4.88. The Kier molecular flexibility index (Phi) is 6.91. The summed E-state index contributed by atoms with van der Waals surface area (Å²) in [5, 5.41) is 3.76. The van der Waals surface area contributed by atoms with Gasteiger partial charge in [0, 0.05) is 17.3 Å². The standard InChI is InChI=1S/C25H22ClN3O3S/c1-32-21-13-7-17(8-14-21)16-28-22(15-23(30)27-19-5-3-2-4-6-19)24(31)29(25(28)33)20-11-9-18(26)10-12-20/h2-14,22H,15-16H2,1H3,(H,27,30). The molecule has 1 aliphatic heterocycles. The van der Waals surface area contributed by atoms with Gasteiger partial charge in [0.05, 0.1) is 19.2 Å². The van der Waals surface area contributed by atoms with Gasteiger partial charge in [-0.1, -0.05) is 41.9 Å². The Labute approximate surface area is 202 Å². The van der Waals surface area contributed by atoms with Gasteiger partial charge in [0.15, 0.2) is 5.11 Å². The number of nitrogens with one attached hydrogen (secondary N) is 1. The number of thiocarbonyl (C=S) groups is 1. The van der Waals surface area contributed by atoms with Gasteiger partial charge in [-0.2, -0.15) is 0 Å². The molecule has 0 aliphatic carbocycles. The maximum absolute atomic E-state index is 13.5. The van der Waals surface area contributed by atoms with E-state index in [1.807, 2.05) is 42.5 Å². The third-order valence-electron chi connectivity index (χ3n) is 5.35. The normalized spacial score (nSPS) is 15.6. The van der Waals surface area contributed by atoms with E-state index in [1.165, 1.54) is 4.90 Å². The van der Waals surface area contributed by atoms with Crippen LogP contribution in [0, 0.1) is 0 Å². The smallest absolute Gasteiger partial charge is 0.256 e. The molecule has 0 aromatic heterocycles. The highest BCUT2D eigenvalue weighted by molar-refractivity contribution is 7.80. The van der Waals surface area contributed by atoms with Gasteiger partial charge in [0.1, 0.15) is 11.8 Å². The van der Waals surface area contributed by atoms with Crippen molar-refractivity contribution in [3.63, 3.8) is 0 Å². The van der Waals surface area contributed by atoms with Crippen molar-refractivity contribution in [1.82, 2.24) is 4.90 Å². The van der Waals surface area contributed by atoms with E-state index >= 15 is 0 Å². The van der Waals surface area contributed by atoms with Crippen LogP contribution in [0.15, 0.2) is 78.9 Å². The highest BCUT2D eigenvalue weighted by atomic mass is 35.5. The minimum Gasteiger partial charge on any atom is -0.497 e. The molecule has 0 radical (unpaired) electrons. The van der Waals surface area contributed by atoms with Gasteiger partial charge in [-0.15, -0.1) is 0 Å². The second-order valence-corrected chi connectivity index (χ2v) is 8.34. The van der Waals surface area contributed by atoms with Crippen molar-refractivity contribution in [3.05, 3.63) is 89.4 Å². The molecule has 1 atom stereocenters. The molecule has 1 aliphatic rings. The van der Waals surface area contributed by atoms with Gasteiger partial charge in [-0.25, -0.2) is 0 Å². The number of nitrogens with zero attached hydrogens (tertiary/aromatic N) is 2. The summed E-state index contributed by atoms with van der Waals surface area (Å²) < 4.78 is 5.23. The van der Waals surface area contributed by atoms with Crippen LogP contribution in [0.3, 0.4) is 0 Å². The minimum atomic E-state index is -0.737. The average molecular weight is 480 g/mol. The van der Waals surface area contributed by atoms with Crippen LogP contribution < -0.4 is 15.0 Å². The fraction of sp³-hybridized carbons (Fsp3) is 0.160. The Bertz CT molecular complexity index is 1150. The predicted molar refractivity (Wildman–Crippen MR) is 134 cm³/mol. The Morgan fingerprint density at radius 3 is 2.33 bits per heavy atom. The summed E-state index contributed by atoms with van der Waals surface area (Å²) in [4.78, 5) is 29.5. The third kappa shape index (κ3) is 5.16. The molecule has 0 spiro atoms. The first kappa shape index (κ1) is 22.8. The lowest BCUT2D eigenvalue weighted by molar-refractivity contribution is -0.124. The van der Waals surface area contributed by atoms with E-state index in [4.69, 9.17) is 28.6 Å². The lowest BCUT2D eigenvalue weighted by Gasteiger charge is -2.24. The van der Waals surface area contributed by atoms with E-state index in [0.29, 0.717) is 28.1 Å². The third-order valence-corrected chi connectivity index (χ3v) is 6.02. The van der Waals surface area contributed by atoms with Gasteiger partial charge in [0.25, 0.3) is 5.91 Å². The van der Waals surface area contributed by atoms with Crippen LogP contribution in [0.4, 0.5) is 11.4 Å². The Morgan fingerprint density at radius 1 is 1.03 bits per heavy atom. The number of anilines is 2. The van der Waals surface area contributed by atoms with Crippen molar-refractivity contribution in [1.29, 1.82) is 0 Å². The van der Waals surface area contributed by atoms with Crippen molar-refractivity contribution >= 4 is 52.1 Å². The molecule has 4 rings (SSSR count). The van der Waals surface area contributed by atoms with Gasteiger partial charge in [0.2, 0.25) is 5.91 Å². The molecule has 1 fully saturated rings. The van der Waals surface area contributed by atoms with E-state index in [9.17, 15) is 9.59 Å². The molecule has 8 heteroatoms. The van der Waals surface area contributed by atoms with E-state index in [2.05, 4.69) is 5.32 Å². The van der Waals surface area contributed by atoms with Crippen molar-refractivity contribution in [3.8, 4) is 5.75 Å². The summed E-state index contributed by atoms with van der Waals surface area (Å²) in [5.74, 6) is 0.222. The summed E-state index contributed by atoms with van der Waals surface area (Å²) in [7, 11) is 1.61. The molecule has 0 saturated carbocycles. The van der Waals surface area contributed by atoms with Crippen LogP contribution in [-0.2, 0) is 16.1 Å². The van der Waals surface area contributed by atoms with E-state index < -0.39 is 6.04 Å². The number of benzene rings is 3. The number of rotatable bonds is 7. The van der Waals surface area contributed by atoms with Crippen molar-refractivity contribution < 1.29 is 14.3 Å². The van der Waals surface area contributed by atoms with Crippen LogP contribution >= 0.6 is 23.8 Å². The van der Waals surface area contributed by atoms with Gasteiger partial charge in [-0.3, -0.25) is 14.5 Å². The van der Waals surface area contributed by atoms with Crippen LogP contribution in [0.5, 0.6) is 5.75 Å². The molecule has 1 unspecified atom stereocenters. The zero-order chi connectivity index (χ0) is 23.4. The maximum atomic E-state index is 13.5. The lowest BCUT2D eigenvalue weighted by Crippen LogP contribution is -2.37. The molecule has 6 nitrogen and oxygen atoms in total. The molecule has 33 heavy (non-hydrogen) atoms. The average Bonchev–Trinajstić information content (AvgIpc) is 3.05. The molecule has 2 amide bonds. The number of hydrogen-bond donors (Lipinski definition) is 1. The van der Waals surface area contributed by atoms with E-state index in [0.717, 1.165) is 11.3 Å². The highest BCUT2D eigenvalue weighted by Crippen LogP contribution is 2.30. The zero-order valence-electron chi connectivity index (χ0n) is 17.9. The molecule has 168 valence electrons. The fourth-order valence-electron chi connectivity index (χ4n) is 3.68. The first-order chi connectivity index (χ1) is 16.0. The van der Waals surface area contributed by atoms with Crippen LogP contribution in [0.1, 0.15) is 12.0 Å². The second-order valence-electron chi connectivity index (χ2n) is 7.54. The molecule has 3 aromatic rings. The molecule has 1 heterocycles. The number of ether oxygens (including phenoxy) is 1. The minimum absolute atomic E-state index is 0.0336. The van der Waals surface area contributed by atoms with Gasteiger partial charge in [-0.05, 0) is 66.3 Å². The number of para-hydroxylation sites is 1. The Balaban J connectivity index is 1.60. The Hall–Kier alpha value is -3.42. The zero-order valence-corrected chi connectivity index (χ0v) is 19.5. The quantitative estimate of drug-likeness (QED) is 0.489. The number of amides is 2. The lowest BCUT2D eigenvalue weighted by atomic mass is 10.1. The number of hydrogen-bond acceptors (Lipinski definition) is 4. The summed E-state index contributed by atoms with van der Waals surface area (Å²) in [6.07, 6.45) is -0.0336. The fourth-order valence-corrected chi connectivity index (χ4v) is 4.19. The molecule has 1 saturated heterocycles. The molecular formula is C25H22ClN3O3S. The van der Waals surface area contributed by atoms with Crippen molar-refractivity contribution in [2.45, 2.75) is 19.0 Å². The molecule has 0 bridgehead atoms. The van der Waals surface area contributed by atoms with Crippen molar-refractivity contribution in [2.24, 2.45) is 0 Å². The van der Waals surface area contributed by atoms with E-state index in [-0.39, 0.29) is 18.2 Å². The number of halogens is 1. The first-order valence-electron chi connectivity index (χ1n) is 10.3. The van der Waals surface area contributed by atoms with Crippen LogP contribution in [-0.4, -0.2) is 35.0 Å². The SMILES string of the molecule is COc1ccc(CN2C(=S)N(c3ccc(Cl)cc3)C(=O)C2CC(=O)Nc2ccccc2)cc1. The number of carbonyl (C=O) groups excluding carboxylic acids is 2. The Morgan fingerprint density at radius 2 is 1.70 bits per heavy atom. The molecule has 3 aromatic carbocycles.